The molecule has 122 valence electrons. The van der Waals surface area contributed by atoms with Crippen molar-refractivity contribution in [1.82, 2.24) is 9.88 Å². The number of hydrogen-bond acceptors (Lipinski definition) is 4. The van der Waals surface area contributed by atoms with Gasteiger partial charge in [-0.15, -0.1) is 0 Å². The number of aryl methyl sites for hydroxylation is 1. The SMILES string of the molecule is Cc1cc(NC2CCCN(CCO)C2=O)c2ccc(F)cc2n1. The summed E-state index contributed by atoms with van der Waals surface area (Å²) in [5.74, 6) is -0.334. The summed E-state index contributed by atoms with van der Waals surface area (Å²) in [6.07, 6.45) is 1.63. The first-order valence-electron chi connectivity index (χ1n) is 7.81. The number of carbonyl (C=O) groups is 1. The summed E-state index contributed by atoms with van der Waals surface area (Å²) in [5, 5.41) is 13.1. The van der Waals surface area contributed by atoms with Gasteiger partial charge in [0.1, 0.15) is 11.9 Å². The van der Waals surface area contributed by atoms with Gasteiger partial charge in [-0.2, -0.15) is 0 Å². The molecule has 1 aliphatic rings. The van der Waals surface area contributed by atoms with Crippen molar-refractivity contribution in [2.45, 2.75) is 25.8 Å². The lowest BCUT2D eigenvalue weighted by Crippen LogP contribution is -2.48. The minimum absolute atomic E-state index is 0.00460. The third-order valence-electron chi connectivity index (χ3n) is 4.13. The number of carbonyl (C=O) groups excluding carboxylic acids is 1. The number of β-amino-alcohol motifs (C(OH)–C–C–N with tert-alkyl or cyclic N) is 1. The van der Waals surface area contributed by atoms with E-state index in [1.165, 1.54) is 12.1 Å². The van der Waals surface area contributed by atoms with Gasteiger partial charge in [0.15, 0.2) is 0 Å². The number of aliphatic hydroxyl groups excluding tert-OH is 1. The van der Waals surface area contributed by atoms with Crippen molar-refractivity contribution in [3.63, 3.8) is 0 Å². The van der Waals surface area contributed by atoms with Crippen LogP contribution in [0.2, 0.25) is 0 Å². The van der Waals surface area contributed by atoms with Gasteiger partial charge in [-0.05, 0) is 38.0 Å². The molecule has 3 rings (SSSR count). The van der Waals surface area contributed by atoms with E-state index in [0.717, 1.165) is 29.6 Å². The fraction of sp³-hybridized carbons (Fsp3) is 0.412. The Bertz CT molecular complexity index is 728. The van der Waals surface area contributed by atoms with Crippen LogP contribution in [0.3, 0.4) is 0 Å². The van der Waals surface area contributed by atoms with Crippen molar-refractivity contribution in [2.75, 3.05) is 25.0 Å². The Kier molecular flexibility index (Phi) is 4.43. The molecule has 1 unspecified atom stereocenters. The summed E-state index contributed by atoms with van der Waals surface area (Å²) in [5.41, 5.74) is 2.13. The monoisotopic (exact) mass is 317 g/mol. The van der Waals surface area contributed by atoms with E-state index in [1.807, 2.05) is 13.0 Å². The number of rotatable bonds is 4. The van der Waals surface area contributed by atoms with Crippen molar-refractivity contribution in [3.8, 4) is 0 Å². The topological polar surface area (TPSA) is 65.5 Å². The second kappa shape index (κ2) is 6.50. The molecule has 6 heteroatoms. The molecule has 1 aromatic heterocycles. The Morgan fingerprint density at radius 1 is 1.43 bits per heavy atom. The Hall–Kier alpha value is -2.21. The van der Waals surface area contributed by atoms with Crippen molar-refractivity contribution in [2.24, 2.45) is 0 Å². The highest BCUT2D eigenvalue weighted by atomic mass is 19.1. The highest BCUT2D eigenvalue weighted by Crippen LogP contribution is 2.26. The van der Waals surface area contributed by atoms with Gasteiger partial charge in [0.2, 0.25) is 5.91 Å². The zero-order valence-corrected chi connectivity index (χ0v) is 13.1. The number of fused-ring (bicyclic) bond motifs is 1. The zero-order valence-electron chi connectivity index (χ0n) is 13.1. The first kappa shape index (κ1) is 15.7. The van der Waals surface area contributed by atoms with Crippen LogP contribution in [0.5, 0.6) is 0 Å². The maximum Gasteiger partial charge on any atom is 0.245 e. The van der Waals surface area contributed by atoms with Crippen LogP contribution in [0.4, 0.5) is 10.1 Å². The molecule has 1 saturated heterocycles. The van der Waals surface area contributed by atoms with Gasteiger partial charge in [0.25, 0.3) is 0 Å². The number of nitrogens with one attached hydrogen (secondary N) is 1. The van der Waals surface area contributed by atoms with E-state index in [9.17, 15) is 9.18 Å². The van der Waals surface area contributed by atoms with Gasteiger partial charge in [0.05, 0.1) is 12.1 Å². The molecule has 0 spiro atoms. The van der Waals surface area contributed by atoms with Crippen LogP contribution < -0.4 is 5.32 Å². The van der Waals surface area contributed by atoms with E-state index in [1.54, 1.807) is 11.0 Å². The smallest absolute Gasteiger partial charge is 0.245 e. The van der Waals surface area contributed by atoms with Gasteiger partial charge in [0, 0.05) is 35.9 Å². The van der Waals surface area contributed by atoms with Crippen LogP contribution in [-0.2, 0) is 4.79 Å². The van der Waals surface area contributed by atoms with Crippen LogP contribution in [-0.4, -0.2) is 46.6 Å². The molecule has 0 bridgehead atoms. The number of halogens is 1. The predicted octanol–water partition coefficient (Wildman–Crippen LogP) is 2.08. The molecular weight excluding hydrogens is 297 g/mol. The molecule has 1 atom stereocenters. The number of piperidine rings is 1. The minimum Gasteiger partial charge on any atom is -0.395 e. The summed E-state index contributed by atoms with van der Waals surface area (Å²) >= 11 is 0. The Balaban J connectivity index is 1.90. The number of benzene rings is 1. The number of hydrogen-bond donors (Lipinski definition) is 2. The van der Waals surface area contributed by atoms with Crippen molar-refractivity contribution in [3.05, 3.63) is 35.8 Å². The summed E-state index contributed by atoms with van der Waals surface area (Å²) in [7, 11) is 0. The predicted molar refractivity (Wildman–Crippen MR) is 86.7 cm³/mol. The number of pyridine rings is 1. The summed E-state index contributed by atoms with van der Waals surface area (Å²) < 4.78 is 13.4. The quantitative estimate of drug-likeness (QED) is 0.906. The van der Waals surface area contributed by atoms with Gasteiger partial charge in [-0.1, -0.05) is 0 Å². The van der Waals surface area contributed by atoms with E-state index < -0.39 is 0 Å². The first-order chi connectivity index (χ1) is 11.1. The number of amides is 1. The van der Waals surface area contributed by atoms with Crippen LogP contribution in [0, 0.1) is 12.7 Å². The minimum atomic E-state index is -0.329. The molecular formula is C17H20FN3O2. The molecule has 23 heavy (non-hydrogen) atoms. The average Bonchev–Trinajstić information content (AvgIpc) is 2.50. The van der Waals surface area contributed by atoms with Crippen molar-refractivity contribution < 1.29 is 14.3 Å². The summed E-state index contributed by atoms with van der Waals surface area (Å²) in [6.45, 7) is 2.85. The number of anilines is 1. The number of nitrogens with zero attached hydrogens (tertiary/aromatic N) is 2. The van der Waals surface area contributed by atoms with E-state index >= 15 is 0 Å². The van der Waals surface area contributed by atoms with Gasteiger partial charge < -0.3 is 15.3 Å². The van der Waals surface area contributed by atoms with Gasteiger partial charge in [-0.3, -0.25) is 9.78 Å². The largest absolute Gasteiger partial charge is 0.395 e. The van der Waals surface area contributed by atoms with Crippen LogP contribution in [0.25, 0.3) is 10.9 Å². The fourth-order valence-electron chi connectivity index (χ4n) is 3.06. The lowest BCUT2D eigenvalue weighted by atomic mass is 10.0. The summed E-state index contributed by atoms with van der Waals surface area (Å²) in [6, 6.07) is 6.02. The lowest BCUT2D eigenvalue weighted by molar-refractivity contribution is -0.134. The van der Waals surface area contributed by atoms with Crippen molar-refractivity contribution in [1.29, 1.82) is 0 Å². The Morgan fingerprint density at radius 3 is 3.04 bits per heavy atom. The highest BCUT2D eigenvalue weighted by Gasteiger charge is 2.28. The third kappa shape index (κ3) is 3.27. The molecule has 0 aliphatic carbocycles. The van der Waals surface area contributed by atoms with Gasteiger partial charge in [-0.25, -0.2) is 4.39 Å². The Morgan fingerprint density at radius 2 is 2.26 bits per heavy atom. The fourth-order valence-corrected chi connectivity index (χ4v) is 3.06. The first-order valence-corrected chi connectivity index (χ1v) is 7.81. The van der Waals surface area contributed by atoms with Crippen LogP contribution >= 0.6 is 0 Å². The molecule has 0 saturated carbocycles. The van der Waals surface area contributed by atoms with Crippen LogP contribution in [0.1, 0.15) is 18.5 Å². The van der Waals surface area contributed by atoms with E-state index in [2.05, 4.69) is 10.3 Å². The molecule has 1 aliphatic heterocycles. The molecule has 0 radical (unpaired) electrons. The number of aliphatic hydroxyl groups is 1. The van der Waals surface area contributed by atoms with E-state index in [-0.39, 0.29) is 24.4 Å². The lowest BCUT2D eigenvalue weighted by Gasteiger charge is -2.33. The molecule has 2 heterocycles. The van der Waals surface area contributed by atoms with E-state index in [4.69, 9.17) is 5.11 Å². The maximum atomic E-state index is 13.4. The third-order valence-corrected chi connectivity index (χ3v) is 4.13. The van der Waals surface area contributed by atoms with E-state index in [0.29, 0.717) is 18.6 Å². The van der Waals surface area contributed by atoms with Crippen LogP contribution in [0.15, 0.2) is 24.3 Å². The van der Waals surface area contributed by atoms with Gasteiger partial charge >= 0.3 is 0 Å². The second-order valence-corrected chi connectivity index (χ2v) is 5.86. The summed E-state index contributed by atoms with van der Waals surface area (Å²) in [4.78, 5) is 18.5. The molecule has 1 aromatic carbocycles. The second-order valence-electron chi connectivity index (χ2n) is 5.86. The molecule has 1 fully saturated rings. The number of aromatic nitrogens is 1. The zero-order chi connectivity index (χ0) is 16.4. The maximum absolute atomic E-state index is 13.4. The molecule has 1 amide bonds. The Labute approximate surface area is 134 Å². The molecule has 2 aromatic rings. The molecule has 5 nitrogen and oxygen atoms in total. The van der Waals surface area contributed by atoms with Crippen molar-refractivity contribution >= 4 is 22.5 Å². The molecule has 2 N–H and O–H groups in total. The standard InChI is InChI=1S/C17H20FN3O2/c1-11-9-15(13-5-4-12(18)10-16(13)19-11)20-14-3-2-6-21(7-8-22)17(14)23/h4-5,9-10,14,22H,2-3,6-8H2,1H3,(H,19,20). The normalized spacial score (nSPS) is 18.5. The number of likely N-dealkylation sites (tertiary alicyclic amines) is 1. The highest BCUT2D eigenvalue weighted by molar-refractivity contribution is 5.94. The average molecular weight is 317 g/mol.